The van der Waals surface area contributed by atoms with Crippen molar-refractivity contribution in [2.45, 2.75) is 25.1 Å². The van der Waals surface area contributed by atoms with Crippen LogP contribution in [-0.2, 0) is 15.3 Å². The van der Waals surface area contributed by atoms with E-state index in [1.54, 1.807) is 0 Å². The summed E-state index contributed by atoms with van der Waals surface area (Å²) in [6, 6.07) is 20.3. The zero-order valence-corrected chi connectivity index (χ0v) is 12.6. The minimum Gasteiger partial charge on any atom is -0.349 e. The van der Waals surface area contributed by atoms with Gasteiger partial charge in [0.1, 0.15) is 0 Å². The van der Waals surface area contributed by atoms with Crippen LogP contribution in [0.4, 0.5) is 0 Å². The van der Waals surface area contributed by atoms with Crippen LogP contribution in [0.3, 0.4) is 0 Å². The van der Waals surface area contributed by atoms with Crippen LogP contribution >= 0.6 is 0 Å². The number of benzene rings is 2. The van der Waals surface area contributed by atoms with Gasteiger partial charge in [-0.3, -0.25) is 4.79 Å². The molecule has 2 aliphatic heterocycles. The fraction of sp³-hybridized carbons (Fsp3) is 0.316. The fourth-order valence-corrected chi connectivity index (χ4v) is 3.80. The predicted octanol–water partition coefficient (Wildman–Crippen LogP) is 3.48. The van der Waals surface area contributed by atoms with Crippen LogP contribution in [0, 0.1) is 5.92 Å². The largest absolute Gasteiger partial charge is 0.349 e. The van der Waals surface area contributed by atoms with Gasteiger partial charge in [-0.15, -0.1) is 0 Å². The van der Waals surface area contributed by atoms with Gasteiger partial charge in [0.05, 0.1) is 12.6 Å². The molecule has 0 bridgehead atoms. The molecule has 0 N–H and O–H groups in total. The molecular formula is C19H19NO2. The fourth-order valence-electron chi connectivity index (χ4n) is 3.80. The maximum Gasteiger partial charge on any atom is 0.228 e. The Morgan fingerprint density at radius 2 is 1.68 bits per heavy atom. The van der Waals surface area contributed by atoms with Crippen molar-refractivity contribution in [3.63, 3.8) is 0 Å². The standard InChI is InChI=1S/C19H19NO2/c1-14-12-19(16-10-6-3-7-11-16)20(18(14)21)17(13-22-19)15-8-4-2-5-9-15/h2-11,14,17H,12-13H2,1H3/t14-,17+,19-/m0/s1. The lowest BCUT2D eigenvalue weighted by molar-refractivity contribution is -0.141. The quantitative estimate of drug-likeness (QED) is 0.848. The third-order valence-electron chi connectivity index (χ3n) is 4.83. The van der Waals surface area contributed by atoms with Crippen LogP contribution in [0.5, 0.6) is 0 Å². The summed E-state index contributed by atoms with van der Waals surface area (Å²) in [5, 5.41) is 0. The highest BCUT2D eigenvalue weighted by atomic mass is 16.5. The van der Waals surface area contributed by atoms with Crippen LogP contribution in [0.15, 0.2) is 60.7 Å². The van der Waals surface area contributed by atoms with Crippen LogP contribution in [-0.4, -0.2) is 17.4 Å². The number of carbonyl (C=O) groups is 1. The van der Waals surface area contributed by atoms with Gasteiger partial charge in [-0.1, -0.05) is 67.6 Å². The molecule has 0 aliphatic carbocycles. The molecule has 0 saturated carbocycles. The molecule has 0 spiro atoms. The molecule has 3 heteroatoms. The third-order valence-corrected chi connectivity index (χ3v) is 4.83. The minimum absolute atomic E-state index is 0.00106. The summed E-state index contributed by atoms with van der Waals surface area (Å²) in [6.45, 7) is 2.55. The third kappa shape index (κ3) is 1.82. The van der Waals surface area contributed by atoms with Crippen LogP contribution in [0.2, 0.25) is 0 Å². The molecule has 3 nitrogen and oxygen atoms in total. The van der Waals surface area contributed by atoms with E-state index in [0.29, 0.717) is 6.61 Å². The number of rotatable bonds is 2. The second-order valence-corrected chi connectivity index (χ2v) is 6.20. The van der Waals surface area contributed by atoms with Crippen molar-refractivity contribution >= 4 is 5.91 Å². The Kier molecular flexibility index (Phi) is 3.05. The smallest absolute Gasteiger partial charge is 0.228 e. The molecule has 3 atom stereocenters. The lowest BCUT2D eigenvalue weighted by Gasteiger charge is -2.33. The van der Waals surface area contributed by atoms with Gasteiger partial charge in [0.15, 0.2) is 5.72 Å². The molecule has 0 unspecified atom stereocenters. The zero-order valence-electron chi connectivity index (χ0n) is 12.6. The molecule has 4 rings (SSSR count). The van der Waals surface area contributed by atoms with Crippen molar-refractivity contribution in [2.75, 3.05) is 6.61 Å². The van der Waals surface area contributed by atoms with Gasteiger partial charge >= 0.3 is 0 Å². The molecule has 2 saturated heterocycles. The monoisotopic (exact) mass is 293 g/mol. The second kappa shape index (κ2) is 4.96. The van der Waals surface area contributed by atoms with Crippen molar-refractivity contribution < 1.29 is 9.53 Å². The average molecular weight is 293 g/mol. The van der Waals surface area contributed by atoms with Gasteiger partial charge in [-0.25, -0.2) is 0 Å². The minimum atomic E-state index is -0.599. The Morgan fingerprint density at radius 3 is 2.36 bits per heavy atom. The van der Waals surface area contributed by atoms with Gasteiger partial charge in [0, 0.05) is 17.9 Å². The molecule has 22 heavy (non-hydrogen) atoms. The Hall–Kier alpha value is -2.13. The van der Waals surface area contributed by atoms with E-state index in [1.165, 1.54) is 0 Å². The van der Waals surface area contributed by atoms with Crippen molar-refractivity contribution in [3.05, 3.63) is 71.8 Å². The Balaban J connectivity index is 1.81. The first kappa shape index (κ1) is 13.5. The van der Waals surface area contributed by atoms with E-state index < -0.39 is 5.72 Å². The number of hydrogen-bond acceptors (Lipinski definition) is 2. The van der Waals surface area contributed by atoms with Crippen molar-refractivity contribution in [2.24, 2.45) is 5.92 Å². The molecular weight excluding hydrogens is 274 g/mol. The van der Waals surface area contributed by atoms with E-state index in [4.69, 9.17) is 4.74 Å². The first-order valence-electron chi connectivity index (χ1n) is 7.80. The molecule has 0 radical (unpaired) electrons. The van der Waals surface area contributed by atoms with E-state index in [2.05, 4.69) is 24.3 Å². The van der Waals surface area contributed by atoms with Gasteiger partial charge in [0.25, 0.3) is 0 Å². The number of hydrogen-bond donors (Lipinski definition) is 0. The summed E-state index contributed by atoms with van der Waals surface area (Å²) >= 11 is 0. The first-order chi connectivity index (χ1) is 10.7. The summed E-state index contributed by atoms with van der Waals surface area (Å²) < 4.78 is 6.26. The molecule has 2 aromatic carbocycles. The summed E-state index contributed by atoms with van der Waals surface area (Å²) in [6.07, 6.45) is 0.721. The molecule has 1 amide bonds. The highest BCUT2D eigenvalue weighted by Crippen LogP contribution is 2.52. The number of carbonyl (C=O) groups excluding carboxylic acids is 1. The van der Waals surface area contributed by atoms with Gasteiger partial charge in [0.2, 0.25) is 5.91 Å². The predicted molar refractivity (Wildman–Crippen MR) is 83.9 cm³/mol. The molecule has 0 aromatic heterocycles. The maximum absolute atomic E-state index is 12.8. The van der Waals surface area contributed by atoms with E-state index in [9.17, 15) is 4.79 Å². The summed E-state index contributed by atoms with van der Waals surface area (Å²) in [4.78, 5) is 14.8. The highest BCUT2D eigenvalue weighted by Gasteiger charge is 2.58. The highest BCUT2D eigenvalue weighted by molar-refractivity contribution is 5.83. The van der Waals surface area contributed by atoms with E-state index in [0.717, 1.165) is 17.5 Å². The maximum atomic E-state index is 12.8. The topological polar surface area (TPSA) is 29.5 Å². The molecule has 2 heterocycles. The molecule has 2 fully saturated rings. The van der Waals surface area contributed by atoms with Crippen LogP contribution < -0.4 is 0 Å². The van der Waals surface area contributed by atoms with Gasteiger partial charge in [-0.05, 0) is 5.56 Å². The van der Waals surface area contributed by atoms with E-state index >= 15 is 0 Å². The zero-order chi connectivity index (χ0) is 15.2. The number of nitrogens with zero attached hydrogens (tertiary/aromatic N) is 1. The lowest BCUT2D eigenvalue weighted by Crippen LogP contribution is -2.40. The van der Waals surface area contributed by atoms with E-state index in [1.807, 2.05) is 48.2 Å². The molecule has 2 aliphatic rings. The SMILES string of the molecule is C[C@H]1C[C@@]2(c3ccccc3)OC[C@H](c3ccccc3)N2C1=O. The Labute approximate surface area is 130 Å². The Morgan fingerprint density at radius 1 is 1.05 bits per heavy atom. The summed E-state index contributed by atoms with van der Waals surface area (Å²) in [5.74, 6) is 0.182. The van der Waals surface area contributed by atoms with Crippen LogP contribution in [0.1, 0.15) is 30.5 Å². The van der Waals surface area contributed by atoms with E-state index in [-0.39, 0.29) is 17.9 Å². The normalized spacial score (nSPS) is 30.6. The number of fused-ring (bicyclic) bond motifs is 1. The van der Waals surface area contributed by atoms with Gasteiger partial charge in [-0.2, -0.15) is 0 Å². The van der Waals surface area contributed by atoms with Crippen molar-refractivity contribution in [1.82, 2.24) is 4.90 Å². The number of ether oxygens (including phenoxy) is 1. The summed E-state index contributed by atoms with van der Waals surface area (Å²) in [5.41, 5.74) is 1.62. The molecule has 112 valence electrons. The number of amides is 1. The Bertz CT molecular complexity index is 685. The average Bonchev–Trinajstić information content (AvgIpc) is 3.06. The molecule has 2 aromatic rings. The first-order valence-corrected chi connectivity index (χ1v) is 7.80. The van der Waals surface area contributed by atoms with Crippen LogP contribution in [0.25, 0.3) is 0 Å². The second-order valence-electron chi connectivity index (χ2n) is 6.20. The summed E-state index contributed by atoms with van der Waals surface area (Å²) in [7, 11) is 0. The van der Waals surface area contributed by atoms with Gasteiger partial charge < -0.3 is 9.64 Å². The van der Waals surface area contributed by atoms with Crippen molar-refractivity contribution in [3.8, 4) is 0 Å². The van der Waals surface area contributed by atoms with Crippen molar-refractivity contribution in [1.29, 1.82) is 0 Å². The lowest BCUT2D eigenvalue weighted by atomic mass is 9.96.